The second-order valence-corrected chi connectivity index (χ2v) is 5.89. The Kier molecular flexibility index (Phi) is 5.39. The Morgan fingerprint density at radius 2 is 2.20 bits per heavy atom. The molecule has 2 unspecified atom stereocenters. The third kappa shape index (κ3) is 3.94. The molecule has 2 rings (SSSR count). The molecular formula is C14H18FNO3S. The Morgan fingerprint density at radius 3 is 2.85 bits per heavy atom. The zero-order valence-electron chi connectivity index (χ0n) is 11.3. The summed E-state index contributed by atoms with van der Waals surface area (Å²) < 4.78 is 17.5. The zero-order chi connectivity index (χ0) is 14.5. The third-order valence-electron chi connectivity index (χ3n) is 3.32. The summed E-state index contributed by atoms with van der Waals surface area (Å²) in [7, 11) is 1.36. The fraction of sp³-hybridized carbons (Fsp3) is 0.500. The van der Waals surface area contributed by atoms with E-state index in [1.807, 2.05) is 4.90 Å². The molecule has 1 aliphatic heterocycles. The number of rotatable bonds is 5. The largest absolute Gasteiger partial charge is 0.468 e. The number of likely N-dealkylation sites (tertiary alicyclic amines) is 1. The topological polar surface area (TPSA) is 49.8 Å². The van der Waals surface area contributed by atoms with Gasteiger partial charge in [-0.3, -0.25) is 9.69 Å². The first-order valence-corrected chi connectivity index (χ1v) is 7.47. The number of β-amino-alcohol motifs (C(OH)–C–C–N with tert-alkyl or cyclic N) is 1. The van der Waals surface area contributed by atoms with Crippen molar-refractivity contribution in [2.24, 2.45) is 0 Å². The molecular weight excluding hydrogens is 281 g/mol. The third-order valence-corrected chi connectivity index (χ3v) is 4.31. The van der Waals surface area contributed by atoms with Crippen molar-refractivity contribution in [2.75, 3.05) is 26.0 Å². The Balaban J connectivity index is 1.83. The molecule has 1 heterocycles. The lowest BCUT2D eigenvalue weighted by Gasteiger charge is -2.21. The number of carbonyl (C=O) groups is 1. The normalized spacial score (nSPS) is 22.9. The predicted molar refractivity (Wildman–Crippen MR) is 75.1 cm³/mol. The van der Waals surface area contributed by atoms with Gasteiger partial charge < -0.3 is 9.84 Å². The summed E-state index contributed by atoms with van der Waals surface area (Å²) >= 11 is 1.60. The highest BCUT2D eigenvalue weighted by molar-refractivity contribution is 7.99. The van der Waals surface area contributed by atoms with Crippen LogP contribution in [0.25, 0.3) is 0 Å². The van der Waals surface area contributed by atoms with Crippen LogP contribution in [0, 0.1) is 5.82 Å². The lowest BCUT2D eigenvalue weighted by Crippen LogP contribution is -2.38. The standard InChI is InChI=1S/C14H18FNO3S/c1-19-14(18)13-8-11(17)9-16(13)6-7-20-12-4-2-10(15)3-5-12/h2-5,11,13,17H,6-9H2,1H3. The molecule has 2 atom stereocenters. The van der Waals surface area contributed by atoms with Crippen molar-refractivity contribution in [1.29, 1.82) is 0 Å². The summed E-state index contributed by atoms with van der Waals surface area (Å²) in [6, 6.07) is 5.97. The molecule has 1 fully saturated rings. The van der Waals surface area contributed by atoms with E-state index in [0.717, 1.165) is 10.6 Å². The van der Waals surface area contributed by atoms with E-state index in [1.54, 1.807) is 23.9 Å². The lowest BCUT2D eigenvalue weighted by atomic mass is 10.2. The fourth-order valence-electron chi connectivity index (χ4n) is 2.32. The molecule has 1 aliphatic rings. The van der Waals surface area contributed by atoms with Gasteiger partial charge in [-0.1, -0.05) is 0 Å². The van der Waals surface area contributed by atoms with Crippen molar-refractivity contribution >= 4 is 17.7 Å². The number of hydrogen-bond donors (Lipinski definition) is 1. The first kappa shape index (κ1) is 15.3. The van der Waals surface area contributed by atoms with Gasteiger partial charge >= 0.3 is 5.97 Å². The van der Waals surface area contributed by atoms with Crippen molar-refractivity contribution < 1.29 is 19.0 Å². The first-order chi connectivity index (χ1) is 9.60. The molecule has 6 heteroatoms. The molecule has 0 amide bonds. The minimum Gasteiger partial charge on any atom is -0.468 e. The monoisotopic (exact) mass is 299 g/mol. The Bertz CT molecular complexity index is 454. The quantitative estimate of drug-likeness (QED) is 0.660. The van der Waals surface area contributed by atoms with Crippen molar-refractivity contribution in [3.8, 4) is 0 Å². The number of aliphatic hydroxyl groups is 1. The summed E-state index contributed by atoms with van der Waals surface area (Å²) in [6.07, 6.45) is -0.0524. The molecule has 0 aromatic heterocycles. The molecule has 1 aromatic rings. The van der Waals surface area contributed by atoms with Gasteiger partial charge in [-0.2, -0.15) is 0 Å². The van der Waals surface area contributed by atoms with Crippen LogP contribution in [0.3, 0.4) is 0 Å². The van der Waals surface area contributed by atoms with E-state index >= 15 is 0 Å². The molecule has 110 valence electrons. The van der Waals surface area contributed by atoms with Crippen LogP contribution in [0.15, 0.2) is 29.2 Å². The van der Waals surface area contributed by atoms with Gasteiger partial charge in [0.05, 0.1) is 13.2 Å². The molecule has 1 N–H and O–H groups in total. The summed E-state index contributed by atoms with van der Waals surface area (Å²) in [6.45, 7) is 1.17. The van der Waals surface area contributed by atoms with Crippen LogP contribution >= 0.6 is 11.8 Å². The van der Waals surface area contributed by atoms with Crippen molar-refractivity contribution in [3.63, 3.8) is 0 Å². The van der Waals surface area contributed by atoms with E-state index in [4.69, 9.17) is 4.74 Å². The van der Waals surface area contributed by atoms with Crippen LogP contribution in [0.1, 0.15) is 6.42 Å². The van der Waals surface area contributed by atoms with Gasteiger partial charge in [-0.25, -0.2) is 4.39 Å². The number of ether oxygens (including phenoxy) is 1. The van der Waals surface area contributed by atoms with E-state index in [-0.39, 0.29) is 17.8 Å². The van der Waals surface area contributed by atoms with Crippen LogP contribution < -0.4 is 0 Å². The average molecular weight is 299 g/mol. The van der Waals surface area contributed by atoms with Gasteiger partial charge in [0.25, 0.3) is 0 Å². The molecule has 0 spiro atoms. The molecule has 1 aromatic carbocycles. The Labute approximate surface area is 121 Å². The van der Waals surface area contributed by atoms with Gasteiger partial charge in [0, 0.05) is 30.2 Å². The number of hydrogen-bond acceptors (Lipinski definition) is 5. The van der Waals surface area contributed by atoms with E-state index in [9.17, 15) is 14.3 Å². The van der Waals surface area contributed by atoms with Crippen LogP contribution in [0.2, 0.25) is 0 Å². The second-order valence-electron chi connectivity index (χ2n) is 4.73. The summed E-state index contributed by atoms with van der Waals surface area (Å²) in [4.78, 5) is 14.5. The summed E-state index contributed by atoms with van der Waals surface area (Å²) in [5.41, 5.74) is 0. The predicted octanol–water partition coefficient (Wildman–Crippen LogP) is 1.53. The van der Waals surface area contributed by atoms with Crippen molar-refractivity contribution in [3.05, 3.63) is 30.1 Å². The van der Waals surface area contributed by atoms with E-state index in [1.165, 1.54) is 19.2 Å². The molecule has 4 nitrogen and oxygen atoms in total. The molecule has 0 bridgehead atoms. The summed E-state index contributed by atoms with van der Waals surface area (Å²) in [5, 5.41) is 9.66. The van der Waals surface area contributed by atoms with Gasteiger partial charge in [-0.05, 0) is 24.3 Å². The second kappa shape index (κ2) is 7.06. The number of nitrogens with zero attached hydrogens (tertiary/aromatic N) is 1. The zero-order valence-corrected chi connectivity index (χ0v) is 12.1. The highest BCUT2D eigenvalue weighted by atomic mass is 32.2. The minimum absolute atomic E-state index is 0.247. The maximum absolute atomic E-state index is 12.8. The SMILES string of the molecule is COC(=O)C1CC(O)CN1CCSc1ccc(F)cc1. The smallest absolute Gasteiger partial charge is 0.323 e. The van der Waals surface area contributed by atoms with Crippen LogP contribution in [0.5, 0.6) is 0 Å². The molecule has 0 saturated carbocycles. The van der Waals surface area contributed by atoms with E-state index < -0.39 is 6.10 Å². The molecule has 0 aliphatic carbocycles. The number of carbonyl (C=O) groups excluding carboxylic acids is 1. The lowest BCUT2D eigenvalue weighted by molar-refractivity contribution is -0.145. The first-order valence-electron chi connectivity index (χ1n) is 6.48. The maximum atomic E-state index is 12.8. The highest BCUT2D eigenvalue weighted by Crippen LogP contribution is 2.22. The Morgan fingerprint density at radius 1 is 1.50 bits per heavy atom. The highest BCUT2D eigenvalue weighted by Gasteiger charge is 2.36. The van der Waals surface area contributed by atoms with Crippen molar-refractivity contribution in [2.45, 2.75) is 23.5 Å². The summed E-state index contributed by atoms with van der Waals surface area (Å²) in [5.74, 6) is 0.224. The van der Waals surface area contributed by atoms with Gasteiger partial charge in [0.2, 0.25) is 0 Å². The number of thioether (sulfide) groups is 1. The van der Waals surface area contributed by atoms with Gasteiger partial charge in [0.1, 0.15) is 11.9 Å². The molecule has 1 saturated heterocycles. The van der Waals surface area contributed by atoms with E-state index in [2.05, 4.69) is 0 Å². The minimum atomic E-state index is -0.477. The van der Waals surface area contributed by atoms with Gasteiger partial charge in [-0.15, -0.1) is 11.8 Å². The Hall–Kier alpha value is -1.11. The van der Waals surface area contributed by atoms with Crippen LogP contribution in [0.4, 0.5) is 4.39 Å². The average Bonchev–Trinajstić information content (AvgIpc) is 2.81. The number of aliphatic hydroxyl groups excluding tert-OH is 1. The van der Waals surface area contributed by atoms with Gasteiger partial charge in [0.15, 0.2) is 0 Å². The van der Waals surface area contributed by atoms with E-state index in [0.29, 0.717) is 19.5 Å². The molecule has 0 radical (unpaired) electrons. The maximum Gasteiger partial charge on any atom is 0.323 e. The number of halogens is 1. The fourth-order valence-corrected chi connectivity index (χ4v) is 3.21. The van der Waals surface area contributed by atoms with Crippen LogP contribution in [-0.2, 0) is 9.53 Å². The number of methoxy groups -OCH3 is 1. The number of esters is 1. The molecule has 20 heavy (non-hydrogen) atoms. The van der Waals surface area contributed by atoms with Crippen LogP contribution in [-0.4, -0.2) is 54.1 Å². The van der Waals surface area contributed by atoms with Crippen molar-refractivity contribution in [1.82, 2.24) is 4.90 Å². The number of benzene rings is 1.